The van der Waals surface area contributed by atoms with Gasteiger partial charge in [0, 0.05) is 6.07 Å². The first-order valence-electron chi connectivity index (χ1n) is 3.48. The van der Waals surface area contributed by atoms with Crippen molar-refractivity contribution in [2.75, 3.05) is 5.73 Å². The standard InChI is InChI=1S/C6H6N2O6S/c7-5-3(8(10)11)1-2-4(6(5)9)15(12,13)14/h1-2,9H,7H2,(H,12,13,14). The van der Waals surface area contributed by atoms with Crippen molar-refractivity contribution in [2.45, 2.75) is 4.90 Å². The molecule has 0 amide bonds. The van der Waals surface area contributed by atoms with E-state index >= 15 is 0 Å². The number of anilines is 1. The maximum Gasteiger partial charge on any atom is 0.298 e. The molecule has 0 saturated heterocycles. The monoisotopic (exact) mass is 234 g/mol. The average molecular weight is 234 g/mol. The number of nitro benzene ring substituents is 1. The third-order valence-corrected chi connectivity index (χ3v) is 2.52. The van der Waals surface area contributed by atoms with Crippen molar-refractivity contribution < 1.29 is 23.0 Å². The molecule has 0 unspecified atom stereocenters. The molecule has 0 atom stereocenters. The number of benzene rings is 1. The minimum Gasteiger partial charge on any atom is -0.504 e. The molecule has 0 aliphatic heterocycles. The van der Waals surface area contributed by atoms with E-state index in [1.807, 2.05) is 0 Å². The fraction of sp³-hybridized carbons (Fsp3) is 0. The van der Waals surface area contributed by atoms with Gasteiger partial charge in [0.25, 0.3) is 15.8 Å². The molecule has 0 aliphatic rings. The molecule has 0 fully saturated rings. The molecule has 82 valence electrons. The summed E-state index contributed by atoms with van der Waals surface area (Å²) in [6.45, 7) is 0. The molecule has 0 saturated carbocycles. The predicted molar refractivity (Wildman–Crippen MR) is 49.0 cm³/mol. The number of phenolic OH excluding ortho intramolecular Hbond substituents is 1. The highest BCUT2D eigenvalue weighted by Gasteiger charge is 2.23. The molecule has 1 aromatic rings. The van der Waals surface area contributed by atoms with Crippen molar-refractivity contribution >= 4 is 21.5 Å². The minimum atomic E-state index is -4.65. The SMILES string of the molecule is Nc1c([N+](=O)[O-])ccc(S(=O)(=O)O)c1O. The molecule has 1 rings (SSSR count). The van der Waals surface area contributed by atoms with E-state index in [0.29, 0.717) is 6.07 Å². The van der Waals surface area contributed by atoms with Crippen molar-refractivity contribution in [1.29, 1.82) is 0 Å². The van der Waals surface area contributed by atoms with E-state index in [9.17, 15) is 23.6 Å². The van der Waals surface area contributed by atoms with Gasteiger partial charge in [0.05, 0.1) is 4.92 Å². The third kappa shape index (κ3) is 1.97. The number of hydrogen-bond acceptors (Lipinski definition) is 6. The van der Waals surface area contributed by atoms with Crippen LogP contribution in [0.1, 0.15) is 0 Å². The predicted octanol–water partition coefficient (Wildman–Crippen LogP) is 0.129. The molecule has 4 N–H and O–H groups in total. The Morgan fingerprint density at radius 2 is 1.93 bits per heavy atom. The van der Waals surface area contributed by atoms with E-state index in [0.717, 1.165) is 6.07 Å². The maximum absolute atomic E-state index is 10.7. The highest BCUT2D eigenvalue weighted by molar-refractivity contribution is 7.86. The fourth-order valence-corrected chi connectivity index (χ4v) is 1.54. The van der Waals surface area contributed by atoms with Gasteiger partial charge >= 0.3 is 0 Å². The zero-order valence-electron chi connectivity index (χ0n) is 7.11. The Hall–Kier alpha value is -1.87. The molecule has 0 bridgehead atoms. The van der Waals surface area contributed by atoms with E-state index < -0.39 is 37.1 Å². The molecular formula is C6H6N2O6S. The van der Waals surface area contributed by atoms with Gasteiger partial charge in [-0.1, -0.05) is 0 Å². The molecule has 0 aliphatic carbocycles. The van der Waals surface area contributed by atoms with Crippen LogP contribution in [0.25, 0.3) is 0 Å². The average Bonchev–Trinajstić information content (AvgIpc) is 2.06. The number of hydrogen-bond donors (Lipinski definition) is 3. The van der Waals surface area contributed by atoms with Crippen LogP contribution >= 0.6 is 0 Å². The first kappa shape index (κ1) is 11.2. The van der Waals surface area contributed by atoms with Crippen molar-refractivity contribution in [1.82, 2.24) is 0 Å². The Kier molecular flexibility index (Phi) is 2.51. The first-order valence-corrected chi connectivity index (χ1v) is 4.92. The summed E-state index contributed by atoms with van der Waals surface area (Å²) < 4.78 is 29.9. The van der Waals surface area contributed by atoms with Gasteiger partial charge in [-0.25, -0.2) is 0 Å². The number of nitrogens with two attached hydrogens (primary N) is 1. The van der Waals surface area contributed by atoms with Gasteiger partial charge in [0.2, 0.25) is 0 Å². The van der Waals surface area contributed by atoms with Gasteiger partial charge in [-0.3, -0.25) is 14.7 Å². The van der Waals surface area contributed by atoms with Crippen molar-refractivity contribution in [2.24, 2.45) is 0 Å². The van der Waals surface area contributed by atoms with Crippen molar-refractivity contribution in [3.8, 4) is 5.75 Å². The highest BCUT2D eigenvalue weighted by atomic mass is 32.2. The Morgan fingerprint density at radius 3 is 2.33 bits per heavy atom. The molecular weight excluding hydrogens is 228 g/mol. The molecule has 15 heavy (non-hydrogen) atoms. The van der Waals surface area contributed by atoms with Crippen LogP contribution in [0, 0.1) is 10.1 Å². The smallest absolute Gasteiger partial charge is 0.298 e. The van der Waals surface area contributed by atoms with Crippen LogP contribution in [-0.4, -0.2) is 23.0 Å². The van der Waals surface area contributed by atoms with Gasteiger partial charge in [-0.05, 0) is 6.07 Å². The van der Waals surface area contributed by atoms with E-state index in [-0.39, 0.29) is 0 Å². The second kappa shape index (κ2) is 3.37. The van der Waals surface area contributed by atoms with E-state index in [2.05, 4.69) is 0 Å². The lowest BCUT2D eigenvalue weighted by molar-refractivity contribution is -0.384. The number of nitrogen functional groups attached to an aromatic ring is 1. The lowest BCUT2D eigenvalue weighted by Gasteiger charge is -2.04. The number of phenols is 1. The number of nitro groups is 1. The number of rotatable bonds is 2. The largest absolute Gasteiger partial charge is 0.504 e. The summed E-state index contributed by atoms with van der Waals surface area (Å²) in [6, 6.07) is 1.47. The van der Waals surface area contributed by atoms with Crippen molar-refractivity contribution in [3.63, 3.8) is 0 Å². The molecule has 8 nitrogen and oxygen atoms in total. The van der Waals surface area contributed by atoms with Crippen LogP contribution in [0.2, 0.25) is 0 Å². The topological polar surface area (TPSA) is 144 Å². The quantitative estimate of drug-likeness (QED) is 0.217. The van der Waals surface area contributed by atoms with Crippen LogP contribution in [0.15, 0.2) is 17.0 Å². The second-order valence-corrected chi connectivity index (χ2v) is 3.97. The second-order valence-electron chi connectivity index (χ2n) is 2.58. The highest BCUT2D eigenvalue weighted by Crippen LogP contribution is 2.35. The lowest BCUT2D eigenvalue weighted by Crippen LogP contribution is -2.03. The maximum atomic E-state index is 10.7. The summed E-state index contributed by atoms with van der Waals surface area (Å²) in [7, 11) is -4.65. The molecule has 0 heterocycles. The summed E-state index contributed by atoms with van der Waals surface area (Å²) in [5, 5.41) is 19.5. The van der Waals surface area contributed by atoms with Gasteiger partial charge in [0.1, 0.15) is 4.90 Å². The van der Waals surface area contributed by atoms with Crippen LogP contribution in [0.3, 0.4) is 0 Å². The van der Waals surface area contributed by atoms with Crippen LogP contribution < -0.4 is 5.73 Å². The van der Waals surface area contributed by atoms with E-state index in [1.54, 1.807) is 0 Å². The van der Waals surface area contributed by atoms with Gasteiger partial charge in [-0.2, -0.15) is 8.42 Å². The normalized spacial score (nSPS) is 11.3. The molecule has 1 aromatic carbocycles. The van der Waals surface area contributed by atoms with Crippen molar-refractivity contribution in [3.05, 3.63) is 22.2 Å². The zero-order chi connectivity index (χ0) is 11.8. The summed E-state index contributed by atoms with van der Waals surface area (Å²) in [6.07, 6.45) is 0. The summed E-state index contributed by atoms with van der Waals surface area (Å²) >= 11 is 0. The third-order valence-electron chi connectivity index (χ3n) is 1.63. The molecule has 0 radical (unpaired) electrons. The van der Waals surface area contributed by atoms with E-state index in [4.69, 9.17) is 10.3 Å². The van der Waals surface area contributed by atoms with Gasteiger partial charge < -0.3 is 10.8 Å². The lowest BCUT2D eigenvalue weighted by atomic mass is 10.2. The van der Waals surface area contributed by atoms with Gasteiger partial charge in [-0.15, -0.1) is 0 Å². The summed E-state index contributed by atoms with van der Waals surface area (Å²) in [5.74, 6) is -1.04. The van der Waals surface area contributed by atoms with Crippen LogP contribution in [0.5, 0.6) is 5.75 Å². The number of nitrogens with zero attached hydrogens (tertiary/aromatic N) is 1. The Morgan fingerprint density at radius 1 is 1.40 bits per heavy atom. The Bertz CT molecular complexity index is 523. The van der Waals surface area contributed by atoms with E-state index in [1.165, 1.54) is 0 Å². The number of aromatic hydroxyl groups is 1. The summed E-state index contributed by atoms with van der Waals surface area (Å²) in [5.41, 5.74) is 3.76. The fourth-order valence-electron chi connectivity index (χ4n) is 0.945. The van der Waals surface area contributed by atoms with Gasteiger partial charge in [0.15, 0.2) is 11.4 Å². The Balaban J connectivity index is 3.55. The van der Waals surface area contributed by atoms with Crippen LogP contribution in [-0.2, 0) is 10.1 Å². The first-order chi connectivity index (χ1) is 6.75. The molecule has 0 spiro atoms. The minimum absolute atomic E-state index is 0.639. The van der Waals surface area contributed by atoms with Crippen LogP contribution in [0.4, 0.5) is 11.4 Å². The molecule has 9 heteroatoms. The molecule has 0 aromatic heterocycles. The summed E-state index contributed by atoms with van der Waals surface area (Å²) in [4.78, 5) is 8.58. The zero-order valence-corrected chi connectivity index (χ0v) is 7.93. The Labute approximate surface area is 83.8 Å².